The Balaban J connectivity index is 2.24. The fraction of sp³-hybridized carbons (Fsp3) is 0.357. The van der Waals surface area contributed by atoms with Gasteiger partial charge in [-0.2, -0.15) is 5.10 Å². The molecule has 0 radical (unpaired) electrons. The Morgan fingerprint density at radius 1 is 1.26 bits per heavy atom. The molecule has 19 heavy (non-hydrogen) atoms. The first kappa shape index (κ1) is 14.4. The van der Waals surface area contributed by atoms with Crippen LogP contribution in [0.2, 0.25) is 10.0 Å². The van der Waals surface area contributed by atoms with E-state index in [2.05, 4.69) is 16.5 Å². The summed E-state index contributed by atoms with van der Waals surface area (Å²) in [5, 5.41) is 8.84. The topological polar surface area (TPSA) is 29.9 Å². The molecule has 0 fully saturated rings. The Labute approximate surface area is 123 Å². The van der Waals surface area contributed by atoms with Crippen molar-refractivity contribution >= 4 is 23.2 Å². The van der Waals surface area contributed by atoms with Gasteiger partial charge in [0.05, 0.1) is 15.7 Å². The molecule has 0 saturated heterocycles. The fourth-order valence-corrected chi connectivity index (χ4v) is 2.49. The van der Waals surface area contributed by atoms with E-state index in [4.69, 9.17) is 23.2 Å². The molecule has 1 heterocycles. The Kier molecular flexibility index (Phi) is 4.50. The van der Waals surface area contributed by atoms with E-state index in [0.29, 0.717) is 10.0 Å². The first-order chi connectivity index (χ1) is 9.01. The van der Waals surface area contributed by atoms with Crippen LogP contribution in [0, 0.1) is 6.92 Å². The van der Waals surface area contributed by atoms with Crippen LogP contribution < -0.4 is 5.32 Å². The minimum Gasteiger partial charge on any atom is -0.313 e. The van der Waals surface area contributed by atoms with Gasteiger partial charge in [0.2, 0.25) is 0 Å². The van der Waals surface area contributed by atoms with Gasteiger partial charge in [-0.1, -0.05) is 29.3 Å². The van der Waals surface area contributed by atoms with Crippen LogP contribution in [0.25, 0.3) is 0 Å². The predicted molar refractivity (Wildman–Crippen MR) is 79.9 cm³/mol. The van der Waals surface area contributed by atoms with E-state index in [0.717, 1.165) is 17.7 Å². The van der Waals surface area contributed by atoms with Crippen molar-refractivity contribution in [2.24, 2.45) is 7.05 Å². The van der Waals surface area contributed by atoms with E-state index in [-0.39, 0.29) is 6.04 Å². The van der Waals surface area contributed by atoms with Crippen LogP contribution >= 0.6 is 23.2 Å². The van der Waals surface area contributed by atoms with E-state index < -0.39 is 0 Å². The van der Waals surface area contributed by atoms with E-state index in [1.54, 1.807) is 0 Å². The van der Waals surface area contributed by atoms with Gasteiger partial charge < -0.3 is 5.32 Å². The number of aryl methyl sites for hydroxylation is 2. The highest BCUT2D eigenvalue weighted by Gasteiger charge is 2.14. The summed E-state index contributed by atoms with van der Waals surface area (Å²) in [4.78, 5) is 0. The van der Waals surface area contributed by atoms with Crippen LogP contribution in [0.15, 0.2) is 24.3 Å². The van der Waals surface area contributed by atoms with Crippen molar-refractivity contribution in [1.82, 2.24) is 15.1 Å². The molecule has 1 N–H and O–H groups in total. The average Bonchev–Trinajstić information content (AvgIpc) is 2.68. The van der Waals surface area contributed by atoms with Gasteiger partial charge in [-0.25, -0.2) is 0 Å². The summed E-state index contributed by atoms with van der Waals surface area (Å²) in [5.41, 5.74) is 3.33. The Morgan fingerprint density at radius 2 is 2.00 bits per heavy atom. The first-order valence-electron chi connectivity index (χ1n) is 6.13. The maximum atomic E-state index is 6.08. The molecule has 0 amide bonds. The zero-order chi connectivity index (χ0) is 14.0. The molecule has 1 aromatic heterocycles. The summed E-state index contributed by atoms with van der Waals surface area (Å²) >= 11 is 12.0. The molecule has 0 bridgehead atoms. The molecule has 5 heteroatoms. The minimum atomic E-state index is 0.185. The van der Waals surface area contributed by atoms with Crippen LogP contribution in [0.1, 0.15) is 23.0 Å². The molecular formula is C14H17Cl2N3. The third kappa shape index (κ3) is 3.30. The lowest BCUT2D eigenvalue weighted by atomic mass is 10.0. The maximum absolute atomic E-state index is 6.08. The van der Waals surface area contributed by atoms with Gasteiger partial charge in [0.25, 0.3) is 0 Å². The molecule has 102 valence electrons. The van der Waals surface area contributed by atoms with Crippen molar-refractivity contribution in [3.8, 4) is 0 Å². The van der Waals surface area contributed by atoms with Gasteiger partial charge in [0, 0.05) is 25.2 Å². The highest BCUT2D eigenvalue weighted by atomic mass is 35.5. The largest absolute Gasteiger partial charge is 0.313 e. The molecule has 2 aromatic rings. The summed E-state index contributed by atoms with van der Waals surface area (Å²) in [5.74, 6) is 0. The number of hydrogen-bond donors (Lipinski definition) is 1. The maximum Gasteiger partial charge on any atom is 0.0596 e. The Hall–Kier alpha value is -1.03. The Bertz CT molecular complexity index is 578. The normalized spacial score (nSPS) is 12.7. The number of rotatable bonds is 4. The van der Waals surface area contributed by atoms with Crippen molar-refractivity contribution in [3.63, 3.8) is 0 Å². The monoisotopic (exact) mass is 297 g/mol. The molecule has 1 atom stereocenters. The second-order valence-electron chi connectivity index (χ2n) is 4.62. The highest BCUT2D eigenvalue weighted by Crippen LogP contribution is 2.27. The van der Waals surface area contributed by atoms with Gasteiger partial charge >= 0.3 is 0 Å². The molecule has 0 spiro atoms. The SMILES string of the molecule is CNC(Cc1cc(C)nn1C)c1ccc(Cl)c(Cl)c1. The lowest BCUT2D eigenvalue weighted by Crippen LogP contribution is -2.20. The van der Waals surface area contributed by atoms with Gasteiger partial charge in [-0.15, -0.1) is 0 Å². The van der Waals surface area contributed by atoms with E-state index >= 15 is 0 Å². The molecule has 3 nitrogen and oxygen atoms in total. The van der Waals surface area contributed by atoms with Gasteiger partial charge in [0.1, 0.15) is 0 Å². The second-order valence-corrected chi connectivity index (χ2v) is 5.43. The fourth-order valence-electron chi connectivity index (χ4n) is 2.18. The number of benzene rings is 1. The van der Waals surface area contributed by atoms with Crippen molar-refractivity contribution in [1.29, 1.82) is 0 Å². The van der Waals surface area contributed by atoms with Crippen molar-refractivity contribution in [2.45, 2.75) is 19.4 Å². The summed E-state index contributed by atoms with van der Waals surface area (Å²) in [6, 6.07) is 8.02. The van der Waals surface area contributed by atoms with Crippen molar-refractivity contribution in [3.05, 3.63) is 51.3 Å². The third-order valence-corrected chi connectivity index (χ3v) is 3.95. The van der Waals surface area contributed by atoms with Crippen molar-refractivity contribution < 1.29 is 0 Å². The highest BCUT2D eigenvalue weighted by molar-refractivity contribution is 6.42. The molecule has 1 aromatic carbocycles. The number of halogens is 2. The molecule has 1 unspecified atom stereocenters. The number of hydrogen-bond acceptors (Lipinski definition) is 2. The number of nitrogens with one attached hydrogen (secondary N) is 1. The summed E-state index contributed by atoms with van der Waals surface area (Å²) in [6.45, 7) is 2.00. The zero-order valence-corrected chi connectivity index (χ0v) is 12.8. The summed E-state index contributed by atoms with van der Waals surface area (Å²) in [6.07, 6.45) is 0.853. The molecule has 2 rings (SSSR count). The van der Waals surface area contributed by atoms with Crippen LogP contribution in [0.3, 0.4) is 0 Å². The van der Waals surface area contributed by atoms with Crippen LogP contribution in [0.5, 0.6) is 0 Å². The molecule has 0 aliphatic heterocycles. The smallest absolute Gasteiger partial charge is 0.0596 e. The van der Waals surface area contributed by atoms with Gasteiger partial charge in [-0.3, -0.25) is 4.68 Å². The Morgan fingerprint density at radius 3 is 2.53 bits per heavy atom. The van der Waals surface area contributed by atoms with Crippen LogP contribution in [-0.4, -0.2) is 16.8 Å². The number of likely N-dealkylation sites (N-methyl/N-ethyl adjacent to an activating group) is 1. The van der Waals surface area contributed by atoms with Crippen molar-refractivity contribution in [2.75, 3.05) is 7.05 Å². The zero-order valence-electron chi connectivity index (χ0n) is 11.2. The molecule has 0 saturated carbocycles. The van der Waals surface area contributed by atoms with E-state index in [1.807, 2.05) is 43.9 Å². The first-order valence-corrected chi connectivity index (χ1v) is 6.88. The van der Waals surface area contributed by atoms with Crippen LogP contribution in [0.4, 0.5) is 0 Å². The van der Waals surface area contributed by atoms with E-state index in [9.17, 15) is 0 Å². The van der Waals surface area contributed by atoms with Gasteiger partial charge in [-0.05, 0) is 37.7 Å². The van der Waals surface area contributed by atoms with Gasteiger partial charge in [0.15, 0.2) is 0 Å². The predicted octanol–water partition coefficient (Wildman–Crippen LogP) is 3.54. The third-order valence-electron chi connectivity index (χ3n) is 3.21. The lowest BCUT2D eigenvalue weighted by molar-refractivity contribution is 0.561. The average molecular weight is 298 g/mol. The molecule has 0 aliphatic rings. The van der Waals surface area contributed by atoms with E-state index in [1.165, 1.54) is 5.69 Å². The molecular weight excluding hydrogens is 281 g/mol. The lowest BCUT2D eigenvalue weighted by Gasteiger charge is -2.17. The summed E-state index contributed by atoms with van der Waals surface area (Å²) < 4.78 is 1.91. The number of aromatic nitrogens is 2. The number of nitrogens with zero attached hydrogens (tertiary/aromatic N) is 2. The minimum absolute atomic E-state index is 0.185. The standard InChI is InChI=1S/C14H17Cl2N3/c1-9-6-11(19(3)18-9)8-14(17-2)10-4-5-12(15)13(16)7-10/h4-7,14,17H,8H2,1-3H3. The summed E-state index contributed by atoms with van der Waals surface area (Å²) in [7, 11) is 3.90. The molecule has 0 aliphatic carbocycles. The quantitative estimate of drug-likeness (QED) is 0.935. The second kappa shape index (κ2) is 5.95. The van der Waals surface area contributed by atoms with Crippen LogP contribution in [-0.2, 0) is 13.5 Å².